The quantitative estimate of drug-likeness (QED) is 0.377. The second-order valence-electron chi connectivity index (χ2n) is 8.83. The van der Waals surface area contributed by atoms with Gasteiger partial charge in [0.1, 0.15) is 11.6 Å². The predicted octanol–water partition coefficient (Wildman–Crippen LogP) is 4.11. The summed E-state index contributed by atoms with van der Waals surface area (Å²) in [4.78, 5) is 28.4. The molecule has 1 aliphatic heterocycles. The number of carbonyl (C=O) groups is 1. The number of rotatable bonds is 6. The maximum Gasteiger partial charge on any atom is 0.262 e. The van der Waals surface area contributed by atoms with Crippen LogP contribution >= 0.6 is 0 Å². The van der Waals surface area contributed by atoms with Crippen molar-refractivity contribution in [1.29, 1.82) is 0 Å². The van der Waals surface area contributed by atoms with Crippen LogP contribution in [0.1, 0.15) is 34.5 Å². The van der Waals surface area contributed by atoms with Crippen molar-refractivity contribution in [3.8, 4) is 0 Å². The van der Waals surface area contributed by atoms with Crippen LogP contribution in [0.2, 0.25) is 0 Å². The number of benzene rings is 2. The van der Waals surface area contributed by atoms with Crippen LogP contribution in [0.4, 0.5) is 21.8 Å². The van der Waals surface area contributed by atoms with E-state index in [0.717, 1.165) is 35.7 Å². The number of fused-ring (bicyclic) bond motifs is 1. The van der Waals surface area contributed by atoms with Crippen LogP contribution in [-0.4, -0.2) is 45.1 Å². The fourth-order valence-electron chi connectivity index (χ4n) is 4.63. The Morgan fingerprint density at radius 2 is 2.06 bits per heavy atom. The Bertz CT molecular complexity index is 1400. The molecule has 3 heterocycles. The van der Waals surface area contributed by atoms with Crippen LogP contribution < -0.4 is 15.5 Å². The molecule has 1 fully saturated rings. The number of halogens is 1. The molecule has 0 saturated carbocycles. The van der Waals surface area contributed by atoms with Crippen LogP contribution in [0.3, 0.4) is 0 Å². The highest BCUT2D eigenvalue weighted by Crippen LogP contribution is 2.32. The van der Waals surface area contributed by atoms with Crippen LogP contribution in [-0.2, 0) is 6.61 Å². The van der Waals surface area contributed by atoms with Gasteiger partial charge in [0.15, 0.2) is 0 Å². The Kier molecular flexibility index (Phi) is 6.84. The molecule has 0 radical (unpaired) electrons. The summed E-state index contributed by atoms with van der Waals surface area (Å²) in [5.41, 5.74) is 1.80. The molecule has 0 aliphatic carbocycles. The zero-order chi connectivity index (χ0) is 25.1. The number of aliphatic hydroxyl groups excluding tert-OH is 1. The van der Waals surface area contributed by atoms with Crippen molar-refractivity contribution in [2.45, 2.75) is 32.4 Å². The molecule has 0 bridgehead atoms. The number of nitrogens with one attached hydrogen (secondary N) is 2. The van der Waals surface area contributed by atoms with Crippen molar-refractivity contribution < 1.29 is 14.3 Å². The highest BCUT2D eigenvalue weighted by atomic mass is 19.1. The molecule has 1 amide bonds. The minimum atomic E-state index is -0.658. The molecule has 2 aromatic carbocycles. The molecule has 5 rings (SSSR count). The maximum atomic E-state index is 15.4. The monoisotopic (exact) mass is 486 g/mol. The van der Waals surface area contributed by atoms with Crippen molar-refractivity contribution in [2.24, 2.45) is 0 Å². The van der Waals surface area contributed by atoms with Gasteiger partial charge in [-0.3, -0.25) is 9.69 Å². The Balaban J connectivity index is 1.52. The van der Waals surface area contributed by atoms with Crippen LogP contribution in [0.15, 0.2) is 60.9 Å². The Hall–Kier alpha value is -3.95. The van der Waals surface area contributed by atoms with E-state index in [-0.39, 0.29) is 24.2 Å². The van der Waals surface area contributed by atoms with Gasteiger partial charge in [-0.2, -0.15) is 0 Å². The molecule has 184 valence electrons. The van der Waals surface area contributed by atoms with Crippen molar-refractivity contribution in [2.75, 3.05) is 23.3 Å². The van der Waals surface area contributed by atoms with E-state index in [2.05, 4.69) is 25.6 Å². The Morgan fingerprint density at radius 1 is 1.19 bits per heavy atom. The van der Waals surface area contributed by atoms with Gasteiger partial charge in [-0.1, -0.05) is 18.2 Å². The summed E-state index contributed by atoms with van der Waals surface area (Å²) >= 11 is 0. The standard InChI is InChI=1S/C27H27FN6O2/c1-17-4-2-5-18-9-12-30-25(24(17)18)34(21-6-3-11-29-15-21)26(36)22-8-7-19(14-23(22)28)32-27-31-13-10-20(16-35)33-27/h2,4-5,7-10,12-14,21,29,35H,3,6,11,15-16H2,1H3,(H,31,32,33)/t21-/m1/s1. The minimum Gasteiger partial charge on any atom is -0.390 e. The molecule has 1 atom stereocenters. The third kappa shape index (κ3) is 4.75. The number of aliphatic hydroxyl groups is 1. The number of nitrogens with zero attached hydrogens (tertiary/aromatic N) is 4. The molecule has 0 unspecified atom stereocenters. The lowest BCUT2D eigenvalue weighted by Crippen LogP contribution is -2.49. The number of amides is 1. The van der Waals surface area contributed by atoms with Gasteiger partial charge < -0.3 is 15.7 Å². The fraction of sp³-hybridized carbons (Fsp3) is 0.259. The molecular weight excluding hydrogens is 459 g/mol. The lowest BCUT2D eigenvalue weighted by atomic mass is 10.0. The summed E-state index contributed by atoms with van der Waals surface area (Å²) in [6, 6.07) is 13.6. The van der Waals surface area contributed by atoms with Gasteiger partial charge in [0.2, 0.25) is 5.95 Å². The van der Waals surface area contributed by atoms with Gasteiger partial charge in [-0.05, 0) is 67.6 Å². The highest BCUT2D eigenvalue weighted by molar-refractivity contribution is 6.11. The van der Waals surface area contributed by atoms with E-state index >= 15 is 4.39 Å². The number of aryl methyl sites for hydroxylation is 1. The lowest BCUT2D eigenvalue weighted by molar-refractivity contribution is 0.0968. The van der Waals surface area contributed by atoms with Crippen molar-refractivity contribution in [3.05, 3.63) is 83.6 Å². The van der Waals surface area contributed by atoms with Crippen molar-refractivity contribution in [3.63, 3.8) is 0 Å². The summed E-state index contributed by atoms with van der Waals surface area (Å²) in [6.45, 7) is 3.25. The average Bonchev–Trinajstić information content (AvgIpc) is 2.90. The fourth-order valence-corrected chi connectivity index (χ4v) is 4.63. The number of pyridine rings is 1. The van der Waals surface area contributed by atoms with E-state index in [0.29, 0.717) is 23.7 Å². The van der Waals surface area contributed by atoms with Crippen LogP contribution in [0, 0.1) is 12.7 Å². The van der Waals surface area contributed by atoms with Gasteiger partial charge in [0.05, 0.1) is 23.9 Å². The third-order valence-electron chi connectivity index (χ3n) is 6.39. The largest absolute Gasteiger partial charge is 0.390 e. The molecule has 0 spiro atoms. The first-order valence-electron chi connectivity index (χ1n) is 11.9. The minimum absolute atomic E-state index is 0.0384. The molecule has 36 heavy (non-hydrogen) atoms. The van der Waals surface area contributed by atoms with Crippen LogP contribution in [0.25, 0.3) is 10.8 Å². The SMILES string of the molecule is Cc1cccc2ccnc(N(C(=O)c3ccc(Nc4nccc(CO)n4)cc3F)[C@@H]3CCCNC3)c12. The number of hydrogen-bond donors (Lipinski definition) is 3. The second-order valence-corrected chi connectivity index (χ2v) is 8.83. The van der Waals surface area contributed by atoms with Crippen molar-refractivity contribution >= 4 is 34.1 Å². The number of carbonyl (C=O) groups excluding carboxylic acids is 1. The van der Waals surface area contributed by atoms with Crippen LogP contribution in [0.5, 0.6) is 0 Å². The summed E-state index contributed by atoms with van der Waals surface area (Å²) in [5, 5.41) is 17.4. The van der Waals surface area contributed by atoms with Gasteiger partial charge in [0, 0.05) is 30.0 Å². The predicted molar refractivity (Wildman–Crippen MR) is 137 cm³/mol. The Labute approximate surface area is 208 Å². The third-order valence-corrected chi connectivity index (χ3v) is 6.39. The van der Waals surface area contributed by atoms with Gasteiger partial charge >= 0.3 is 0 Å². The van der Waals surface area contributed by atoms with E-state index in [1.165, 1.54) is 18.3 Å². The number of piperidine rings is 1. The van der Waals surface area contributed by atoms with E-state index in [4.69, 9.17) is 0 Å². The molecule has 1 saturated heterocycles. The summed E-state index contributed by atoms with van der Waals surface area (Å²) in [7, 11) is 0. The van der Waals surface area contributed by atoms with E-state index in [9.17, 15) is 9.90 Å². The lowest BCUT2D eigenvalue weighted by Gasteiger charge is -2.35. The number of hydrogen-bond acceptors (Lipinski definition) is 7. The molecule has 4 aromatic rings. The number of anilines is 3. The summed E-state index contributed by atoms with van der Waals surface area (Å²) < 4.78 is 15.4. The average molecular weight is 487 g/mol. The first kappa shape index (κ1) is 23.8. The van der Waals surface area contributed by atoms with Gasteiger partial charge in [0.25, 0.3) is 5.91 Å². The Morgan fingerprint density at radius 3 is 2.83 bits per heavy atom. The summed E-state index contributed by atoms with van der Waals surface area (Å²) in [5.74, 6) is -0.325. The van der Waals surface area contributed by atoms with E-state index in [1.54, 1.807) is 23.2 Å². The second kappa shape index (κ2) is 10.3. The number of aromatic nitrogens is 3. The van der Waals surface area contributed by atoms with E-state index in [1.807, 2.05) is 31.2 Å². The molecule has 9 heteroatoms. The molecular formula is C27H27FN6O2. The van der Waals surface area contributed by atoms with Gasteiger partial charge in [-0.15, -0.1) is 0 Å². The van der Waals surface area contributed by atoms with Gasteiger partial charge in [-0.25, -0.2) is 19.3 Å². The highest BCUT2D eigenvalue weighted by Gasteiger charge is 2.31. The first-order chi connectivity index (χ1) is 17.5. The topological polar surface area (TPSA) is 103 Å². The molecule has 8 nitrogen and oxygen atoms in total. The van der Waals surface area contributed by atoms with E-state index < -0.39 is 11.7 Å². The van der Waals surface area contributed by atoms with Crippen molar-refractivity contribution in [1.82, 2.24) is 20.3 Å². The normalized spacial score (nSPS) is 15.6. The molecule has 3 N–H and O–H groups in total. The zero-order valence-corrected chi connectivity index (χ0v) is 19.9. The first-order valence-corrected chi connectivity index (χ1v) is 11.9. The molecule has 2 aromatic heterocycles. The molecule has 1 aliphatic rings. The smallest absolute Gasteiger partial charge is 0.262 e. The zero-order valence-electron chi connectivity index (χ0n) is 19.9. The maximum absolute atomic E-state index is 15.4. The summed E-state index contributed by atoms with van der Waals surface area (Å²) in [6.07, 6.45) is 4.90.